The highest BCUT2D eigenvalue weighted by atomic mass is 16.2. The normalized spacial score (nSPS) is 11.7. The summed E-state index contributed by atoms with van der Waals surface area (Å²) in [5.74, 6) is -0.585. The van der Waals surface area contributed by atoms with Gasteiger partial charge in [-0.15, -0.1) is 0 Å². The van der Waals surface area contributed by atoms with Crippen molar-refractivity contribution >= 4 is 11.8 Å². The predicted octanol–water partition coefficient (Wildman–Crippen LogP) is 0.00840. The molecular weight excluding hydrogens is 242 g/mol. The van der Waals surface area contributed by atoms with Gasteiger partial charge in [0.15, 0.2) is 0 Å². The first-order chi connectivity index (χ1) is 9.08. The second-order valence-corrected chi connectivity index (χ2v) is 4.49. The lowest BCUT2D eigenvalue weighted by Gasteiger charge is -2.22. The molecule has 1 aromatic carbocycles. The van der Waals surface area contributed by atoms with E-state index in [1.165, 1.54) is 4.90 Å². The van der Waals surface area contributed by atoms with Crippen molar-refractivity contribution in [1.82, 2.24) is 10.2 Å². The van der Waals surface area contributed by atoms with Crippen LogP contribution in [0.25, 0.3) is 0 Å². The Hall–Kier alpha value is -1.88. The Morgan fingerprint density at radius 3 is 2.47 bits per heavy atom. The number of carbonyl (C=O) groups is 2. The molecular formula is C14H21N3O2. The number of amides is 2. The lowest BCUT2D eigenvalue weighted by atomic mass is 9.98. The van der Waals surface area contributed by atoms with Crippen molar-refractivity contribution in [2.75, 3.05) is 27.2 Å². The topological polar surface area (TPSA) is 75.4 Å². The third kappa shape index (κ3) is 4.71. The maximum atomic E-state index is 12.2. The molecule has 104 valence electrons. The molecule has 0 bridgehead atoms. The number of nitrogens with one attached hydrogen (secondary N) is 1. The Morgan fingerprint density at radius 2 is 1.95 bits per heavy atom. The fraction of sp³-hybridized carbons (Fsp3) is 0.429. The van der Waals surface area contributed by atoms with Gasteiger partial charge in [-0.05, 0) is 12.0 Å². The first-order valence-corrected chi connectivity index (χ1v) is 6.28. The summed E-state index contributed by atoms with van der Waals surface area (Å²) in [6.07, 6.45) is 0.592. The molecule has 0 spiro atoms. The van der Waals surface area contributed by atoms with Gasteiger partial charge in [0, 0.05) is 20.6 Å². The fourth-order valence-corrected chi connectivity index (χ4v) is 1.85. The van der Waals surface area contributed by atoms with Crippen LogP contribution in [-0.4, -0.2) is 43.9 Å². The zero-order valence-electron chi connectivity index (χ0n) is 11.4. The van der Waals surface area contributed by atoms with E-state index < -0.39 is 0 Å². The van der Waals surface area contributed by atoms with Crippen molar-refractivity contribution in [1.29, 1.82) is 0 Å². The number of rotatable bonds is 6. The number of nitrogens with two attached hydrogens (primary N) is 1. The molecule has 0 heterocycles. The van der Waals surface area contributed by atoms with Gasteiger partial charge >= 0.3 is 0 Å². The first kappa shape index (κ1) is 15.2. The van der Waals surface area contributed by atoms with Gasteiger partial charge in [-0.2, -0.15) is 0 Å². The smallest absolute Gasteiger partial charge is 0.239 e. The minimum absolute atomic E-state index is 0.0562. The van der Waals surface area contributed by atoms with E-state index in [2.05, 4.69) is 5.32 Å². The maximum Gasteiger partial charge on any atom is 0.239 e. The van der Waals surface area contributed by atoms with Gasteiger partial charge in [-0.25, -0.2) is 0 Å². The van der Waals surface area contributed by atoms with E-state index in [1.807, 2.05) is 30.3 Å². The summed E-state index contributed by atoms with van der Waals surface area (Å²) in [5.41, 5.74) is 6.74. The zero-order chi connectivity index (χ0) is 14.3. The van der Waals surface area contributed by atoms with Gasteiger partial charge in [0.25, 0.3) is 0 Å². The van der Waals surface area contributed by atoms with Crippen LogP contribution in [0.1, 0.15) is 5.56 Å². The third-order valence-electron chi connectivity index (χ3n) is 2.99. The van der Waals surface area contributed by atoms with E-state index in [9.17, 15) is 9.59 Å². The van der Waals surface area contributed by atoms with Crippen LogP contribution in [0.4, 0.5) is 0 Å². The summed E-state index contributed by atoms with van der Waals surface area (Å²) in [5, 5.41) is 2.49. The van der Waals surface area contributed by atoms with E-state index in [0.717, 1.165) is 5.56 Å². The van der Waals surface area contributed by atoms with Crippen LogP contribution in [0.2, 0.25) is 0 Å². The van der Waals surface area contributed by atoms with Crippen molar-refractivity contribution in [3.63, 3.8) is 0 Å². The van der Waals surface area contributed by atoms with Crippen molar-refractivity contribution in [3.8, 4) is 0 Å². The van der Waals surface area contributed by atoms with Crippen molar-refractivity contribution in [2.45, 2.75) is 6.42 Å². The average molecular weight is 263 g/mol. The number of hydrogen-bond acceptors (Lipinski definition) is 3. The van der Waals surface area contributed by atoms with Crippen LogP contribution in [0.5, 0.6) is 0 Å². The number of likely N-dealkylation sites (N-methyl/N-ethyl adjacent to an activating group) is 2. The number of nitrogens with zero attached hydrogens (tertiary/aromatic N) is 1. The summed E-state index contributed by atoms with van der Waals surface area (Å²) in [4.78, 5) is 24.9. The highest BCUT2D eigenvalue weighted by Crippen LogP contribution is 2.10. The second-order valence-electron chi connectivity index (χ2n) is 4.49. The van der Waals surface area contributed by atoms with Crippen LogP contribution >= 0.6 is 0 Å². The van der Waals surface area contributed by atoms with Crippen molar-refractivity contribution in [3.05, 3.63) is 35.9 Å². The molecule has 1 rings (SSSR count). The zero-order valence-corrected chi connectivity index (χ0v) is 11.4. The van der Waals surface area contributed by atoms with Gasteiger partial charge in [-0.3, -0.25) is 9.59 Å². The molecule has 0 aliphatic heterocycles. The minimum atomic E-state index is -0.294. The van der Waals surface area contributed by atoms with E-state index >= 15 is 0 Å². The van der Waals surface area contributed by atoms with Gasteiger partial charge in [0.05, 0.1) is 12.5 Å². The summed E-state index contributed by atoms with van der Waals surface area (Å²) < 4.78 is 0. The Labute approximate surface area is 113 Å². The summed E-state index contributed by atoms with van der Waals surface area (Å²) in [6.45, 7) is 0.326. The molecule has 0 saturated carbocycles. The van der Waals surface area contributed by atoms with Crippen LogP contribution in [0.15, 0.2) is 30.3 Å². The van der Waals surface area contributed by atoms with Gasteiger partial charge in [-0.1, -0.05) is 30.3 Å². The van der Waals surface area contributed by atoms with E-state index in [4.69, 9.17) is 5.73 Å². The molecule has 19 heavy (non-hydrogen) atoms. The van der Waals surface area contributed by atoms with E-state index in [1.54, 1.807) is 14.1 Å². The molecule has 1 unspecified atom stereocenters. The van der Waals surface area contributed by atoms with Crippen LogP contribution in [0, 0.1) is 5.92 Å². The molecule has 1 atom stereocenters. The Bertz CT molecular complexity index is 420. The summed E-state index contributed by atoms with van der Waals surface area (Å²) in [7, 11) is 3.16. The molecule has 1 aromatic rings. The van der Waals surface area contributed by atoms with Crippen LogP contribution < -0.4 is 11.1 Å². The number of hydrogen-bond donors (Lipinski definition) is 2. The summed E-state index contributed by atoms with van der Waals surface area (Å²) in [6, 6.07) is 9.73. The first-order valence-electron chi connectivity index (χ1n) is 6.28. The molecule has 0 saturated heterocycles. The molecule has 0 aromatic heterocycles. The second kappa shape index (κ2) is 7.53. The fourth-order valence-electron chi connectivity index (χ4n) is 1.85. The lowest BCUT2D eigenvalue weighted by Crippen LogP contribution is -2.42. The number of benzene rings is 1. The molecule has 0 aliphatic carbocycles. The SMILES string of the molecule is CNC(=O)CN(C)C(=O)C(CN)Cc1ccccc1. The van der Waals surface area contributed by atoms with Crippen LogP contribution in [0.3, 0.4) is 0 Å². The Balaban J connectivity index is 2.63. The Kier molecular flexibility index (Phi) is 6.02. The molecule has 5 heteroatoms. The molecule has 2 amide bonds. The number of carbonyl (C=O) groups excluding carboxylic acids is 2. The minimum Gasteiger partial charge on any atom is -0.358 e. The predicted molar refractivity (Wildman–Crippen MR) is 74.4 cm³/mol. The van der Waals surface area contributed by atoms with Gasteiger partial charge in [0.1, 0.15) is 0 Å². The standard InChI is InChI=1S/C14H21N3O2/c1-16-13(18)10-17(2)14(19)12(9-15)8-11-6-4-3-5-7-11/h3-7,12H,8-10,15H2,1-2H3,(H,16,18). The quantitative estimate of drug-likeness (QED) is 0.759. The Morgan fingerprint density at radius 1 is 1.32 bits per heavy atom. The van der Waals surface area contributed by atoms with Crippen molar-refractivity contribution < 1.29 is 9.59 Å². The summed E-state index contributed by atoms with van der Waals surface area (Å²) >= 11 is 0. The van der Waals surface area contributed by atoms with E-state index in [-0.39, 0.29) is 30.8 Å². The van der Waals surface area contributed by atoms with Gasteiger partial charge < -0.3 is 16.0 Å². The average Bonchev–Trinajstić information content (AvgIpc) is 2.44. The van der Waals surface area contributed by atoms with Gasteiger partial charge in [0.2, 0.25) is 11.8 Å². The lowest BCUT2D eigenvalue weighted by molar-refractivity contribution is -0.137. The van der Waals surface area contributed by atoms with Crippen molar-refractivity contribution in [2.24, 2.45) is 11.7 Å². The maximum absolute atomic E-state index is 12.2. The largest absolute Gasteiger partial charge is 0.358 e. The highest BCUT2D eigenvalue weighted by Gasteiger charge is 2.22. The molecule has 0 aliphatic rings. The van der Waals surface area contributed by atoms with Crippen LogP contribution in [-0.2, 0) is 16.0 Å². The molecule has 5 nitrogen and oxygen atoms in total. The monoisotopic (exact) mass is 263 g/mol. The van der Waals surface area contributed by atoms with E-state index in [0.29, 0.717) is 6.42 Å². The third-order valence-corrected chi connectivity index (χ3v) is 2.99. The highest BCUT2D eigenvalue weighted by molar-refractivity contribution is 5.85. The molecule has 0 fully saturated rings. The molecule has 3 N–H and O–H groups in total. The molecule has 0 radical (unpaired) electrons.